The molecule has 0 saturated carbocycles. The van der Waals surface area contributed by atoms with E-state index in [0.717, 1.165) is 17.7 Å². The highest BCUT2D eigenvalue weighted by Crippen LogP contribution is 2.30. The number of nitrogens with one attached hydrogen (secondary N) is 1. The van der Waals surface area contributed by atoms with Crippen molar-refractivity contribution in [2.75, 3.05) is 46.8 Å². The molecule has 3 rings (SSSR count). The van der Waals surface area contributed by atoms with Gasteiger partial charge in [0.1, 0.15) is 18.1 Å². The quantitative estimate of drug-likeness (QED) is 0.193. The van der Waals surface area contributed by atoms with Gasteiger partial charge in [0.2, 0.25) is 5.88 Å². The minimum Gasteiger partial charge on any atom is -0.497 e. The largest absolute Gasteiger partial charge is 0.497 e. The van der Waals surface area contributed by atoms with E-state index in [1.165, 1.54) is 13.8 Å². The van der Waals surface area contributed by atoms with Crippen LogP contribution in [0.4, 0.5) is 13.2 Å². The number of hydrogen-bond acceptors (Lipinski definition) is 9. The summed E-state index contributed by atoms with van der Waals surface area (Å²) in [6, 6.07) is 12.6. The fourth-order valence-electron chi connectivity index (χ4n) is 4.28. The van der Waals surface area contributed by atoms with Crippen molar-refractivity contribution in [1.29, 1.82) is 0 Å². The van der Waals surface area contributed by atoms with Gasteiger partial charge in [0.05, 0.1) is 45.7 Å². The molecule has 246 valence electrons. The smallest absolute Gasteiger partial charge is 0.417 e. The molecule has 2 aromatic heterocycles. The van der Waals surface area contributed by atoms with Crippen molar-refractivity contribution in [1.82, 2.24) is 15.3 Å². The minimum atomic E-state index is -4.53. The van der Waals surface area contributed by atoms with Crippen molar-refractivity contribution in [3.63, 3.8) is 0 Å². The molecule has 1 amide bonds. The molecule has 0 radical (unpaired) electrons. The third-order valence-corrected chi connectivity index (χ3v) is 6.78. The highest BCUT2D eigenvalue weighted by atomic mass is 19.4. The lowest BCUT2D eigenvalue weighted by Gasteiger charge is -2.30. The Kier molecular flexibility index (Phi) is 13.4. The predicted octanol–water partition coefficient (Wildman–Crippen LogP) is 4.60. The Morgan fingerprint density at radius 1 is 0.933 bits per heavy atom. The third-order valence-electron chi connectivity index (χ3n) is 6.78. The number of pyridine rings is 2. The van der Waals surface area contributed by atoms with E-state index in [2.05, 4.69) is 15.3 Å². The van der Waals surface area contributed by atoms with Crippen molar-refractivity contribution in [3.8, 4) is 17.4 Å². The van der Waals surface area contributed by atoms with Crippen LogP contribution < -0.4 is 19.5 Å². The number of hydrogen-bond donors (Lipinski definition) is 2. The number of aliphatic hydroxyl groups is 1. The first-order chi connectivity index (χ1) is 21.4. The zero-order valence-corrected chi connectivity index (χ0v) is 25.8. The first-order valence-electron chi connectivity index (χ1n) is 14.4. The number of methoxy groups -OCH3 is 1. The van der Waals surface area contributed by atoms with Crippen LogP contribution in [0.3, 0.4) is 0 Å². The maximum atomic E-state index is 13.4. The highest BCUT2D eigenvalue weighted by Gasteiger charge is 2.35. The summed E-state index contributed by atoms with van der Waals surface area (Å²) in [5.41, 5.74) is -0.705. The Balaban J connectivity index is 1.71. The van der Waals surface area contributed by atoms with Crippen molar-refractivity contribution < 1.29 is 46.8 Å². The van der Waals surface area contributed by atoms with Gasteiger partial charge in [-0.3, -0.25) is 9.78 Å². The summed E-state index contributed by atoms with van der Waals surface area (Å²) in [5, 5.41) is 11.7. The molecule has 3 aromatic rings. The maximum Gasteiger partial charge on any atom is 0.417 e. The number of rotatable bonds is 18. The number of amides is 1. The molecule has 45 heavy (non-hydrogen) atoms. The fraction of sp³-hybridized carbons (Fsp3) is 0.469. The molecule has 2 unspecified atom stereocenters. The Morgan fingerprint density at radius 3 is 2.24 bits per heavy atom. The second-order valence-electron chi connectivity index (χ2n) is 10.6. The molecule has 2 N–H and O–H groups in total. The van der Waals surface area contributed by atoms with Gasteiger partial charge in [-0.25, -0.2) is 4.98 Å². The molecule has 1 aromatic carbocycles. The van der Waals surface area contributed by atoms with E-state index in [0.29, 0.717) is 56.2 Å². The van der Waals surface area contributed by atoms with Crippen LogP contribution in [0.15, 0.2) is 60.9 Å². The number of carbonyl (C=O) groups excluding carboxylic acids is 1. The first-order valence-corrected chi connectivity index (χ1v) is 14.4. The van der Waals surface area contributed by atoms with Crippen molar-refractivity contribution in [3.05, 3.63) is 77.7 Å². The zero-order chi connectivity index (χ0) is 32.9. The van der Waals surface area contributed by atoms with Gasteiger partial charge in [0.25, 0.3) is 5.91 Å². The average molecular weight is 636 g/mol. The fourth-order valence-corrected chi connectivity index (χ4v) is 4.28. The summed E-state index contributed by atoms with van der Waals surface area (Å²) in [6.45, 7) is 6.48. The summed E-state index contributed by atoms with van der Waals surface area (Å²) in [5.74, 6) is 0.395. The van der Waals surface area contributed by atoms with Crippen LogP contribution in [0.25, 0.3) is 0 Å². The molecular formula is C32H40F3N3O7. The van der Waals surface area contributed by atoms with Crippen LogP contribution in [-0.2, 0) is 26.9 Å². The number of carbonyl (C=O) groups is 1. The predicted molar refractivity (Wildman–Crippen MR) is 159 cm³/mol. The van der Waals surface area contributed by atoms with Gasteiger partial charge < -0.3 is 34.1 Å². The molecular weight excluding hydrogens is 595 g/mol. The van der Waals surface area contributed by atoms with Crippen LogP contribution in [0.2, 0.25) is 0 Å². The minimum absolute atomic E-state index is 0.0407. The summed E-state index contributed by atoms with van der Waals surface area (Å²) >= 11 is 0. The lowest BCUT2D eigenvalue weighted by molar-refractivity contribution is -0.138. The molecule has 10 nitrogen and oxygen atoms in total. The van der Waals surface area contributed by atoms with E-state index < -0.39 is 29.3 Å². The number of aliphatic hydroxyl groups excluding tert-OH is 1. The van der Waals surface area contributed by atoms with Crippen LogP contribution in [0, 0.1) is 0 Å². The topological polar surface area (TPSA) is 121 Å². The molecule has 0 aliphatic rings. The number of nitrogens with zero attached hydrogens (tertiary/aromatic N) is 2. The van der Waals surface area contributed by atoms with E-state index in [9.17, 15) is 18.0 Å². The second-order valence-corrected chi connectivity index (χ2v) is 10.6. The van der Waals surface area contributed by atoms with Crippen molar-refractivity contribution >= 4 is 5.91 Å². The van der Waals surface area contributed by atoms with Gasteiger partial charge in [0, 0.05) is 42.2 Å². The molecule has 0 saturated heterocycles. The van der Waals surface area contributed by atoms with Gasteiger partial charge in [0.15, 0.2) is 5.60 Å². The summed E-state index contributed by atoms with van der Waals surface area (Å²) in [7, 11) is 1.59. The number of benzene rings is 1. The van der Waals surface area contributed by atoms with Crippen molar-refractivity contribution in [2.45, 2.75) is 50.9 Å². The van der Waals surface area contributed by atoms with E-state index in [4.69, 9.17) is 28.8 Å². The molecule has 0 bridgehead atoms. The number of halogens is 3. The van der Waals surface area contributed by atoms with Gasteiger partial charge in [-0.1, -0.05) is 12.1 Å². The van der Waals surface area contributed by atoms with E-state index in [1.807, 2.05) is 37.3 Å². The second kappa shape index (κ2) is 16.9. The maximum absolute atomic E-state index is 13.4. The van der Waals surface area contributed by atoms with Gasteiger partial charge in [-0.15, -0.1) is 0 Å². The molecule has 2 atom stereocenters. The molecule has 0 aliphatic carbocycles. The van der Waals surface area contributed by atoms with Crippen LogP contribution in [-0.4, -0.2) is 79.4 Å². The van der Waals surface area contributed by atoms with E-state index in [1.54, 1.807) is 19.4 Å². The molecule has 0 spiro atoms. The first kappa shape index (κ1) is 35.5. The lowest BCUT2D eigenvalue weighted by atomic mass is 9.89. The SMILES string of the molecule is COc1ccc(CC(c2cc(OCCOCCOCCO)ccn2)C(C)NC(=O)C(C)(C)Oc2ccc(C(F)(F)F)cn2)cc1. The molecule has 13 heteroatoms. The normalized spacial score (nSPS) is 13.2. The number of ether oxygens (including phenoxy) is 5. The Morgan fingerprint density at radius 2 is 1.62 bits per heavy atom. The Bertz CT molecular complexity index is 1320. The average Bonchev–Trinajstić information content (AvgIpc) is 3.01. The zero-order valence-electron chi connectivity index (χ0n) is 25.8. The van der Waals surface area contributed by atoms with Crippen LogP contribution in [0.1, 0.15) is 43.5 Å². The van der Waals surface area contributed by atoms with Gasteiger partial charge >= 0.3 is 6.18 Å². The number of alkyl halides is 3. The van der Waals surface area contributed by atoms with Crippen LogP contribution in [0.5, 0.6) is 17.4 Å². The van der Waals surface area contributed by atoms with E-state index >= 15 is 0 Å². The lowest BCUT2D eigenvalue weighted by Crippen LogP contribution is -2.51. The number of aromatic nitrogens is 2. The molecule has 2 heterocycles. The standard InChI is InChI=1S/C32H40F3N3O7/c1-22(38-30(40)31(2,3)45-29-10-7-24(21-37-29)32(33,34)35)27(19-23-5-8-25(41-4)9-6-23)28-20-26(11-12-36-28)44-18-17-43-16-15-42-14-13-39/h5-12,20-22,27,39H,13-19H2,1-4H3,(H,38,40). The highest BCUT2D eigenvalue weighted by molar-refractivity contribution is 5.85. The third kappa shape index (κ3) is 11.5. The van der Waals surface area contributed by atoms with Gasteiger partial charge in [-0.2, -0.15) is 13.2 Å². The molecule has 0 aliphatic heterocycles. The Hall–Kier alpha value is -3.94. The van der Waals surface area contributed by atoms with Crippen LogP contribution >= 0.6 is 0 Å². The summed E-state index contributed by atoms with van der Waals surface area (Å²) in [6.07, 6.45) is -1.72. The van der Waals surface area contributed by atoms with Gasteiger partial charge in [-0.05, 0) is 57.0 Å². The monoisotopic (exact) mass is 635 g/mol. The van der Waals surface area contributed by atoms with E-state index in [-0.39, 0.29) is 25.0 Å². The van der Waals surface area contributed by atoms with Crippen molar-refractivity contribution in [2.24, 2.45) is 0 Å². The molecule has 0 fully saturated rings. The summed E-state index contributed by atoms with van der Waals surface area (Å²) < 4.78 is 66.3. The Labute approximate surface area is 260 Å². The summed E-state index contributed by atoms with van der Waals surface area (Å²) in [4.78, 5) is 21.7.